The maximum atomic E-state index is 12.6. The van der Waals surface area contributed by atoms with Crippen molar-refractivity contribution in [3.05, 3.63) is 83.6 Å². The molecular weight excluding hydrogens is 370 g/mol. The molecule has 0 spiro atoms. The molecule has 0 aliphatic heterocycles. The fourth-order valence-electron chi connectivity index (χ4n) is 2.89. The number of anilines is 2. The molecule has 0 radical (unpaired) electrons. The molecule has 6 heteroatoms. The van der Waals surface area contributed by atoms with Gasteiger partial charge in [-0.25, -0.2) is 13.4 Å². The molecule has 0 unspecified atom stereocenters. The molecule has 0 bridgehead atoms. The summed E-state index contributed by atoms with van der Waals surface area (Å²) in [5.41, 5.74) is 3.64. The van der Waals surface area contributed by atoms with Gasteiger partial charge in [0.05, 0.1) is 16.8 Å². The van der Waals surface area contributed by atoms with Crippen LogP contribution in [0.15, 0.2) is 71.8 Å². The van der Waals surface area contributed by atoms with E-state index in [1.54, 1.807) is 24.4 Å². The van der Waals surface area contributed by atoms with E-state index in [2.05, 4.69) is 33.7 Å². The summed E-state index contributed by atoms with van der Waals surface area (Å²) >= 11 is 0. The Morgan fingerprint density at radius 1 is 0.964 bits per heavy atom. The summed E-state index contributed by atoms with van der Waals surface area (Å²) in [6, 6.07) is 18.9. The molecule has 0 saturated carbocycles. The van der Waals surface area contributed by atoms with Crippen molar-refractivity contribution in [3.8, 4) is 0 Å². The summed E-state index contributed by atoms with van der Waals surface area (Å²) in [5.74, 6) is 0.806. The first-order valence-corrected chi connectivity index (χ1v) is 10.7. The number of aryl methyl sites for hydroxylation is 2. The van der Waals surface area contributed by atoms with E-state index in [1.165, 1.54) is 5.56 Å². The van der Waals surface area contributed by atoms with Gasteiger partial charge in [-0.2, -0.15) is 0 Å². The molecule has 1 heterocycles. The lowest BCUT2D eigenvalue weighted by Crippen LogP contribution is -2.23. The Labute approximate surface area is 167 Å². The van der Waals surface area contributed by atoms with Crippen LogP contribution in [0.4, 0.5) is 11.5 Å². The van der Waals surface area contributed by atoms with Gasteiger partial charge in [-0.05, 0) is 61.7 Å². The van der Waals surface area contributed by atoms with Crippen LogP contribution in [-0.4, -0.2) is 19.9 Å². The first-order valence-electron chi connectivity index (χ1n) is 9.24. The number of hydrogen-bond donors (Lipinski definition) is 1. The summed E-state index contributed by atoms with van der Waals surface area (Å²) in [4.78, 5) is 6.84. The smallest absolute Gasteiger partial charge is 0.261 e. The molecule has 1 aromatic heterocycles. The summed E-state index contributed by atoms with van der Waals surface area (Å²) < 4.78 is 27.9. The molecule has 3 aromatic rings. The van der Waals surface area contributed by atoms with E-state index >= 15 is 0 Å². The molecule has 0 amide bonds. The van der Waals surface area contributed by atoms with E-state index < -0.39 is 10.0 Å². The van der Waals surface area contributed by atoms with Crippen LogP contribution in [0.25, 0.3) is 0 Å². The minimum absolute atomic E-state index is 0.249. The zero-order valence-electron chi connectivity index (χ0n) is 16.4. The van der Waals surface area contributed by atoms with Gasteiger partial charge in [0, 0.05) is 13.1 Å². The first kappa shape index (κ1) is 19.9. The third kappa shape index (κ3) is 4.70. The Kier molecular flexibility index (Phi) is 5.99. The molecule has 0 aliphatic carbocycles. The van der Waals surface area contributed by atoms with E-state index in [1.807, 2.05) is 44.2 Å². The summed E-state index contributed by atoms with van der Waals surface area (Å²) in [7, 11) is -3.64. The van der Waals surface area contributed by atoms with Crippen molar-refractivity contribution in [2.24, 2.45) is 0 Å². The SMILES string of the molecule is CCN(Cc1ccccc1)c1ccc(NS(=O)(=O)c2ccc(C)c(C)c2)cn1. The summed E-state index contributed by atoms with van der Waals surface area (Å²) in [5, 5.41) is 0. The van der Waals surface area contributed by atoms with Crippen molar-refractivity contribution in [2.75, 3.05) is 16.2 Å². The van der Waals surface area contributed by atoms with E-state index in [0.29, 0.717) is 5.69 Å². The van der Waals surface area contributed by atoms with Gasteiger partial charge in [0.2, 0.25) is 0 Å². The maximum absolute atomic E-state index is 12.6. The number of benzene rings is 2. The number of nitrogens with zero attached hydrogens (tertiary/aromatic N) is 2. The second-order valence-corrected chi connectivity index (χ2v) is 8.44. The second kappa shape index (κ2) is 8.44. The molecule has 1 N–H and O–H groups in total. The van der Waals surface area contributed by atoms with Crippen molar-refractivity contribution < 1.29 is 8.42 Å². The number of aromatic nitrogens is 1. The van der Waals surface area contributed by atoms with Crippen molar-refractivity contribution in [3.63, 3.8) is 0 Å². The maximum Gasteiger partial charge on any atom is 0.261 e. The minimum atomic E-state index is -3.64. The Morgan fingerprint density at radius 3 is 2.32 bits per heavy atom. The Morgan fingerprint density at radius 2 is 1.71 bits per heavy atom. The quantitative estimate of drug-likeness (QED) is 0.639. The van der Waals surface area contributed by atoms with Gasteiger partial charge >= 0.3 is 0 Å². The highest BCUT2D eigenvalue weighted by atomic mass is 32.2. The largest absolute Gasteiger partial charge is 0.353 e. The average Bonchev–Trinajstić information content (AvgIpc) is 2.69. The van der Waals surface area contributed by atoms with Crippen LogP contribution in [0, 0.1) is 13.8 Å². The Balaban J connectivity index is 1.75. The van der Waals surface area contributed by atoms with Gasteiger partial charge < -0.3 is 4.90 Å². The van der Waals surface area contributed by atoms with Gasteiger partial charge in [-0.3, -0.25) is 4.72 Å². The van der Waals surface area contributed by atoms with Crippen LogP contribution in [-0.2, 0) is 16.6 Å². The van der Waals surface area contributed by atoms with Crippen LogP contribution in [0.2, 0.25) is 0 Å². The summed E-state index contributed by atoms with van der Waals surface area (Å²) in [6.45, 7) is 7.47. The predicted octanol–water partition coefficient (Wildman–Crippen LogP) is 4.53. The van der Waals surface area contributed by atoms with Crippen LogP contribution in [0.3, 0.4) is 0 Å². The predicted molar refractivity (Wildman–Crippen MR) is 114 cm³/mol. The molecule has 2 aromatic carbocycles. The monoisotopic (exact) mass is 395 g/mol. The zero-order chi connectivity index (χ0) is 20.1. The number of pyridine rings is 1. The number of nitrogens with one attached hydrogen (secondary N) is 1. The number of sulfonamides is 1. The van der Waals surface area contributed by atoms with E-state index in [4.69, 9.17) is 0 Å². The molecular formula is C22H25N3O2S. The molecule has 5 nitrogen and oxygen atoms in total. The normalized spacial score (nSPS) is 11.2. The van der Waals surface area contributed by atoms with Crippen LogP contribution in [0.1, 0.15) is 23.6 Å². The van der Waals surface area contributed by atoms with Crippen LogP contribution in [0.5, 0.6) is 0 Å². The molecule has 3 rings (SSSR count). The highest BCUT2D eigenvalue weighted by Gasteiger charge is 2.15. The molecule has 28 heavy (non-hydrogen) atoms. The molecule has 0 atom stereocenters. The minimum Gasteiger partial charge on any atom is -0.353 e. The highest BCUT2D eigenvalue weighted by molar-refractivity contribution is 7.92. The van der Waals surface area contributed by atoms with Crippen molar-refractivity contribution in [2.45, 2.75) is 32.2 Å². The average molecular weight is 396 g/mol. The van der Waals surface area contributed by atoms with Crippen LogP contribution >= 0.6 is 0 Å². The van der Waals surface area contributed by atoms with Gasteiger partial charge in [0.1, 0.15) is 5.82 Å². The van der Waals surface area contributed by atoms with E-state index in [9.17, 15) is 8.42 Å². The lowest BCUT2D eigenvalue weighted by atomic mass is 10.1. The second-order valence-electron chi connectivity index (χ2n) is 6.76. The number of hydrogen-bond acceptors (Lipinski definition) is 4. The third-order valence-corrected chi connectivity index (χ3v) is 6.09. The molecule has 0 fully saturated rings. The van der Waals surface area contributed by atoms with E-state index in [-0.39, 0.29) is 4.90 Å². The zero-order valence-corrected chi connectivity index (χ0v) is 17.2. The van der Waals surface area contributed by atoms with Gasteiger partial charge in [-0.15, -0.1) is 0 Å². The van der Waals surface area contributed by atoms with Gasteiger partial charge in [0.15, 0.2) is 0 Å². The highest BCUT2D eigenvalue weighted by Crippen LogP contribution is 2.21. The molecule has 0 saturated heterocycles. The van der Waals surface area contributed by atoms with E-state index in [0.717, 1.165) is 30.0 Å². The van der Waals surface area contributed by atoms with Gasteiger partial charge in [-0.1, -0.05) is 36.4 Å². The van der Waals surface area contributed by atoms with Crippen molar-refractivity contribution in [1.82, 2.24) is 4.98 Å². The van der Waals surface area contributed by atoms with Crippen LogP contribution < -0.4 is 9.62 Å². The van der Waals surface area contributed by atoms with Gasteiger partial charge in [0.25, 0.3) is 10.0 Å². The fraction of sp³-hybridized carbons (Fsp3) is 0.227. The Hall–Kier alpha value is -2.86. The summed E-state index contributed by atoms with van der Waals surface area (Å²) in [6.07, 6.45) is 1.56. The lowest BCUT2D eigenvalue weighted by molar-refractivity contribution is 0.601. The lowest BCUT2D eigenvalue weighted by Gasteiger charge is -2.22. The molecule has 146 valence electrons. The topological polar surface area (TPSA) is 62.3 Å². The molecule has 0 aliphatic rings. The van der Waals surface area contributed by atoms with Crippen molar-refractivity contribution >= 4 is 21.5 Å². The first-order chi connectivity index (χ1) is 13.4. The van der Waals surface area contributed by atoms with Crippen molar-refractivity contribution in [1.29, 1.82) is 0 Å². The fourth-order valence-corrected chi connectivity index (χ4v) is 4.02. The standard InChI is InChI=1S/C22H25N3O2S/c1-4-25(16-19-8-6-5-7-9-19)22-13-11-20(15-23-22)24-28(26,27)21-12-10-17(2)18(3)14-21/h5-15,24H,4,16H2,1-3H3. The Bertz CT molecular complexity index is 1030. The third-order valence-electron chi connectivity index (χ3n) is 4.71. The number of rotatable bonds is 7.